The van der Waals surface area contributed by atoms with Gasteiger partial charge in [0.1, 0.15) is 0 Å². The van der Waals surface area contributed by atoms with Gasteiger partial charge in [0, 0.05) is 16.8 Å². The normalized spacial score (nSPS) is 14.0. The second-order valence-corrected chi connectivity index (χ2v) is 8.34. The first-order chi connectivity index (χ1) is 13.4. The van der Waals surface area contributed by atoms with Crippen LogP contribution in [0.15, 0.2) is 48.5 Å². The van der Waals surface area contributed by atoms with Gasteiger partial charge in [0.05, 0.1) is 11.8 Å². The first-order valence-corrected chi connectivity index (χ1v) is 10.4. The van der Waals surface area contributed by atoms with Crippen LogP contribution in [0.4, 0.5) is 5.69 Å². The van der Waals surface area contributed by atoms with E-state index in [9.17, 15) is 13.2 Å². The largest absolute Gasteiger partial charge is 0.322 e. The highest BCUT2D eigenvalue weighted by Gasteiger charge is 2.28. The number of benzene rings is 2. The van der Waals surface area contributed by atoms with Gasteiger partial charge in [-0.05, 0) is 53.1 Å². The third kappa shape index (κ3) is 4.24. The molecule has 1 amide bonds. The molecule has 28 heavy (non-hydrogen) atoms. The summed E-state index contributed by atoms with van der Waals surface area (Å²) in [4.78, 5) is 12.6. The molecule has 1 aromatic heterocycles. The van der Waals surface area contributed by atoms with Gasteiger partial charge in [-0.2, -0.15) is 0 Å². The standard InChI is InChI=1S/C18H18N6O3S/c19-28(26,27)11-12-3-1-5-14(9-12)18(25)20-15-6-2-4-13(10-15)17-21-22-23-24(17)16-7-8-16/h1-6,9-10,16H,7-8,11H2,(H,20,25)(H2,19,26,27). The lowest BCUT2D eigenvalue weighted by Crippen LogP contribution is -2.16. The Labute approximate surface area is 161 Å². The van der Waals surface area contributed by atoms with Crippen LogP contribution in [0.2, 0.25) is 0 Å². The van der Waals surface area contributed by atoms with Crippen molar-refractivity contribution in [3.63, 3.8) is 0 Å². The third-order valence-electron chi connectivity index (χ3n) is 4.32. The fourth-order valence-electron chi connectivity index (χ4n) is 2.92. The Hall–Kier alpha value is -3.11. The van der Waals surface area contributed by atoms with E-state index in [1.54, 1.807) is 35.0 Å². The van der Waals surface area contributed by atoms with Crippen LogP contribution in [0.1, 0.15) is 34.8 Å². The molecule has 1 saturated carbocycles. The van der Waals surface area contributed by atoms with Gasteiger partial charge in [-0.3, -0.25) is 4.79 Å². The van der Waals surface area contributed by atoms with Crippen molar-refractivity contribution in [3.8, 4) is 11.4 Å². The summed E-state index contributed by atoms with van der Waals surface area (Å²) in [6.07, 6.45) is 2.12. The highest BCUT2D eigenvalue weighted by atomic mass is 32.2. The van der Waals surface area contributed by atoms with Crippen molar-refractivity contribution in [1.82, 2.24) is 20.2 Å². The molecule has 144 valence electrons. The second kappa shape index (κ2) is 7.13. The molecule has 0 saturated heterocycles. The predicted molar refractivity (Wildman–Crippen MR) is 103 cm³/mol. The van der Waals surface area contributed by atoms with E-state index in [0.29, 0.717) is 28.7 Å². The van der Waals surface area contributed by atoms with E-state index in [4.69, 9.17) is 5.14 Å². The van der Waals surface area contributed by atoms with Crippen LogP contribution in [0.5, 0.6) is 0 Å². The molecule has 4 rings (SSSR count). The average molecular weight is 398 g/mol. The number of nitrogens with zero attached hydrogens (tertiary/aromatic N) is 4. The maximum absolute atomic E-state index is 12.6. The number of hydrogen-bond donors (Lipinski definition) is 2. The molecule has 1 heterocycles. The Balaban J connectivity index is 1.54. The van der Waals surface area contributed by atoms with Gasteiger partial charge in [-0.1, -0.05) is 24.3 Å². The van der Waals surface area contributed by atoms with Gasteiger partial charge in [-0.15, -0.1) is 5.10 Å². The lowest BCUT2D eigenvalue weighted by atomic mass is 10.1. The number of primary sulfonamides is 1. The molecule has 3 aromatic rings. The van der Waals surface area contributed by atoms with E-state index >= 15 is 0 Å². The molecule has 1 fully saturated rings. The van der Waals surface area contributed by atoms with Gasteiger partial charge in [0.2, 0.25) is 10.0 Å². The highest BCUT2D eigenvalue weighted by Crippen LogP contribution is 2.36. The van der Waals surface area contributed by atoms with Gasteiger partial charge in [-0.25, -0.2) is 18.2 Å². The number of amides is 1. The molecular formula is C18H18N6O3S. The summed E-state index contributed by atoms with van der Waals surface area (Å²) < 4.78 is 24.3. The molecule has 0 atom stereocenters. The summed E-state index contributed by atoms with van der Waals surface area (Å²) in [6.45, 7) is 0. The van der Waals surface area contributed by atoms with Crippen LogP contribution < -0.4 is 10.5 Å². The number of nitrogens with one attached hydrogen (secondary N) is 1. The van der Waals surface area contributed by atoms with E-state index in [0.717, 1.165) is 18.4 Å². The molecule has 10 heteroatoms. The Morgan fingerprint density at radius 2 is 1.96 bits per heavy atom. The summed E-state index contributed by atoms with van der Waals surface area (Å²) in [6, 6.07) is 14.0. The molecule has 0 spiro atoms. The van der Waals surface area contributed by atoms with Crippen LogP contribution in [-0.4, -0.2) is 34.5 Å². The summed E-state index contributed by atoms with van der Waals surface area (Å²) in [5, 5.41) is 19.8. The van der Waals surface area contributed by atoms with Gasteiger partial charge >= 0.3 is 0 Å². The molecule has 0 radical (unpaired) electrons. The molecular weight excluding hydrogens is 380 g/mol. The minimum absolute atomic E-state index is 0.326. The zero-order valence-corrected chi connectivity index (χ0v) is 15.6. The number of tetrazole rings is 1. The average Bonchev–Trinajstić information content (AvgIpc) is 3.37. The fraction of sp³-hybridized carbons (Fsp3) is 0.222. The SMILES string of the molecule is NS(=O)(=O)Cc1cccc(C(=O)Nc2cccc(-c3nnnn3C3CC3)c2)c1. The van der Waals surface area contributed by atoms with E-state index in [1.165, 1.54) is 6.07 Å². The monoisotopic (exact) mass is 398 g/mol. The molecule has 2 aromatic carbocycles. The summed E-state index contributed by atoms with van der Waals surface area (Å²) in [5.74, 6) is -0.0167. The van der Waals surface area contributed by atoms with Crippen molar-refractivity contribution in [2.75, 3.05) is 5.32 Å². The molecule has 0 aliphatic heterocycles. The van der Waals surface area contributed by atoms with Crippen molar-refractivity contribution in [2.24, 2.45) is 5.14 Å². The zero-order valence-electron chi connectivity index (χ0n) is 14.8. The van der Waals surface area contributed by atoms with Gasteiger partial charge < -0.3 is 5.32 Å². The third-order valence-corrected chi connectivity index (χ3v) is 5.06. The summed E-state index contributed by atoms with van der Waals surface area (Å²) >= 11 is 0. The topological polar surface area (TPSA) is 133 Å². The van der Waals surface area contributed by atoms with Crippen LogP contribution >= 0.6 is 0 Å². The Morgan fingerprint density at radius 1 is 1.18 bits per heavy atom. The number of hydrogen-bond acceptors (Lipinski definition) is 6. The maximum Gasteiger partial charge on any atom is 0.255 e. The Bertz CT molecular complexity index is 1140. The smallest absolute Gasteiger partial charge is 0.255 e. The van der Waals surface area contributed by atoms with Crippen LogP contribution in [-0.2, 0) is 15.8 Å². The quantitative estimate of drug-likeness (QED) is 0.649. The number of rotatable bonds is 6. The van der Waals surface area contributed by atoms with E-state index in [2.05, 4.69) is 20.8 Å². The minimum atomic E-state index is -3.67. The maximum atomic E-state index is 12.6. The summed E-state index contributed by atoms with van der Waals surface area (Å²) in [5.41, 5.74) is 2.18. The molecule has 1 aliphatic rings. The number of aromatic nitrogens is 4. The number of anilines is 1. The Kier molecular flexibility index (Phi) is 4.65. The van der Waals surface area contributed by atoms with E-state index < -0.39 is 10.0 Å². The molecule has 1 aliphatic carbocycles. The fourth-order valence-corrected chi connectivity index (χ4v) is 3.57. The molecule has 0 unspecified atom stereocenters. The molecule has 9 nitrogen and oxygen atoms in total. The lowest BCUT2D eigenvalue weighted by Gasteiger charge is -2.09. The number of nitrogens with two attached hydrogens (primary N) is 1. The highest BCUT2D eigenvalue weighted by molar-refractivity contribution is 7.88. The zero-order chi connectivity index (χ0) is 19.7. The summed E-state index contributed by atoms with van der Waals surface area (Å²) in [7, 11) is -3.67. The van der Waals surface area contributed by atoms with E-state index in [-0.39, 0.29) is 11.7 Å². The van der Waals surface area contributed by atoms with Crippen molar-refractivity contribution >= 4 is 21.6 Å². The van der Waals surface area contributed by atoms with Crippen molar-refractivity contribution in [3.05, 3.63) is 59.7 Å². The lowest BCUT2D eigenvalue weighted by molar-refractivity contribution is 0.102. The molecule has 0 bridgehead atoms. The first kappa shape index (κ1) is 18.3. The van der Waals surface area contributed by atoms with Crippen molar-refractivity contribution in [1.29, 1.82) is 0 Å². The minimum Gasteiger partial charge on any atom is -0.322 e. The van der Waals surface area contributed by atoms with E-state index in [1.807, 2.05) is 12.1 Å². The number of carbonyl (C=O) groups excluding carboxylic acids is 1. The van der Waals surface area contributed by atoms with Crippen LogP contribution in [0.3, 0.4) is 0 Å². The van der Waals surface area contributed by atoms with Crippen molar-refractivity contribution in [2.45, 2.75) is 24.6 Å². The van der Waals surface area contributed by atoms with Gasteiger partial charge in [0.25, 0.3) is 5.91 Å². The van der Waals surface area contributed by atoms with Crippen LogP contribution in [0, 0.1) is 0 Å². The second-order valence-electron chi connectivity index (χ2n) is 6.72. The Morgan fingerprint density at radius 3 is 2.71 bits per heavy atom. The van der Waals surface area contributed by atoms with Crippen molar-refractivity contribution < 1.29 is 13.2 Å². The molecule has 3 N–H and O–H groups in total. The number of carbonyl (C=O) groups is 1. The van der Waals surface area contributed by atoms with Crippen LogP contribution in [0.25, 0.3) is 11.4 Å². The predicted octanol–water partition coefficient (Wildman–Crippen LogP) is 1.72. The first-order valence-electron chi connectivity index (χ1n) is 8.68. The van der Waals surface area contributed by atoms with Gasteiger partial charge in [0.15, 0.2) is 5.82 Å². The number of sulfonamides is 1.